The van der Waals surface area contributed by atoms with Gasteiger partial charge in [-0.2, -0.15) is 5.06 Å². The Bertz CT molecular complexity index is 121. The number of rotatable bonds is 4. The molecule has 0 heterocycles. The zero-order valence-corrected chi connectivity index (χ0v) is 8.55. The Morgan fingerprint density at radius 2 is 2.00 bits per heavy atom. The topological polar surface area (TPSA) is 12.5 Å². The Kier molecular flexibility index (Phi) is 4.02. The number of hydroxylamine groups is 2. The second-order valence-electron chi connectivity index (χ2n) is 3.96. The molecule has 2 heteroatoms. The minimum Gasteiger partial charge on any atom is -0.302 e. The SMILES string of the molecule is CON(C)C(C)CC1CCCC1. The van der Waals surface area contributed by atoms with E-state index in [9.17, 15) is 0 Å². The van der Waals surface area contributed by atoms with Crippen LogP contribution in [-0.2, 0) is 4.84 Å². The summed E-state index contributed by atoms with van der Waals surface area (Å²) in [5, 5.41) is 1.96. The second-order valence-corrected chi connectivity index (χ2v) is 3.96. The summed E-state index contributed by atoms with van der Waals surface area (Å²) in [6, 6.07) is 0.568. The minimum absolute atomic E-state index is 0.568. The quantitative estimate of drug-likeness (QED) is 0.602. The molecule has 1 aliphatic carbocycles. The number of hydrogen-bond donors (Lipinski definition) is 0. The van der Waals surface area contributed by atoms with Gasteiger partial charge in [-0.05, 0) is 19.3 Å². The molecule has 1 aliphatic rings. The van der Waals surface area contributed by atoms with E-state index in [1.165, 1.54) is 32.1 Å². The van der Waals surface area contributed by atoms with E-state index in [4.69, 9.17) is 4.84 Å². The Balaban J connectivity index is 2.19. The smallest absolute Gasteiger partial charge is 0.0575 e. The molecule has 0 aromatic carbocycles. The van der Waals surface area contributed by atoms with Gasteiger partial charge in [0.15, 0.2) is 0 Å². The lowest BCUT2D eigenvalue weighted by Gasteiger charge is -2.24. The van der Waals surface area contributed by atoms with Crippen molar-refractivity contribution < 1.29 is 4.84 Å². The van der Waals surface area contributed by atoms with Crippen LogP contribution in [0.15, 0.2) is 0 Å². The predicted molar refractivity (Wildman–Crippen MR) is 50.8 cm³/mol. The average molecular weight is 171 g/mol. The first-order chi connectivity index (χ1) is 5.74. The first kappa shape index (κ1) is 10.0. The first-order valence-corrected chi connectivity index (χ1v) is 5.01. The third kappa shape index (κ3) is 2.76. The molecule has 72 valence electrons. The van der Waals surface area contributed by atoms with Gasteiger partial charge in [0.1, 0.15) is 0 Å². The minimum atomic E-state index is 0.568. The van der Waals surface area contributed by atoms with Crippen LogP contribution < -0.4 is 0 Å². The maximum Gasteiger partial charge on any atom is 0.0575 e. The van der Waals surface area contributed by atoms with E-state index >= 15 is 0 Å². The van der Waals surface area contributed by atoms with Crippen LogP contribution in [0.2, 0.25) is 0 Å². The van der Waals surface area contributed by atoms with Crippen LogP contribution in [0.25, 0.3) is 0 Å². The fourth-order valence-electron chi connectivity index (χ4n) is 2.06. The molecule has 1 saturated carbocycles. The fraction of sp³-hybridized carbons (Fsp3) is 1.00. The summed E-state index contributed by atoms with van der Waals surface area (Å²) < 4.78 is 0. The molecule has 0 aliphatic heterocycles. The third-order valence-corrected chi connectivity index (χ3v) is 3.06. The maximum absolute atomic E-state index is 5.16. The lowest BCUT2D eigenvalue weighted by atomic mass is 9.99. The van der Waals surface area contributed by atoms with E-state index in [0.717, 1.165) is 5.92 Å². The van der Waals surface area contributed by atoms with Gasteiger partial charge in [-0.25, -0.2) is 0 Å². The van der Waals surface area contributed by atoms with Gasteiger partial charge in [0.25, 0.3) is 0 Å². The van der Waals surface area contributed by atoms with Gasteiger partial charge in [-0.3, -0.25) is 0 Å². The van der Waals surface area contributed by atoms with Crippen molar-refractivity contribution >= 4 is 0 Å². The van der Waals surface area contributed by atoms with Crippen molar-refractivity contribution in [3.8, 4) is 0 Å². The van der Waals surface area contributed by atoms with Crippen LogP contribution in [0.1, 0.15) is 39.0 Å². The van der Waals surface area contributed by atoms with Gasteiger partial charge in [-0.15, -0.1) is 0 Å². The van der Waals surface area contributed by atoms with E-state index in [1.54, 1.807) is 7.11 Å². The monoisotopic (exact) mass is 171 g/mol. The normalized spacial score (nSPS) is 22.0. The van der Waals surface area contributed by atoms with Gasteiger partial charge < -0.3 is 4.84 Å². The van der Waals surface area contributed by atoms with Gasteiger partial charge >= 0.3 is 0 Å². The lowest BCUT2D eigenvalue weighted by Crippen LogP contribution is -2.29. The van der Waals surface area contributed by atoms with Gasteiger partial charge in [-0.1, -0.05) is 25.7 Å². The molecule has 0 N–H and O–H groups in total. The Labute approximate surface area is 75.8 Å². The summed E-state index contributed by atoms with van der Waals surface area (Å²) in [5.41, 5.74) is 0. The highest BCUT2D eigenvalue weighted by Gasteiger charge is 2.19. The van der Waals surface area contributed by atoms with Gasteiger partial charge in [0.2, 0.25) is 0 Å². The van der Waals surface area contributed by atoms with Gasteiger partial charge in [0, 0.05) is 13.1 Å². The van der Waals surface area contributed by atoms with Crippen LogP contribution in [0.5, 0.6) is 0 Å². The van der Waals surface area contributed by atoms with E-state index < -0.39 is 0 Å². The highest BCUT2D eigenvalue weighted by atomic mass is 16.7. The number of nitrogens with zero attached hydrogens (tertiary/aromatic N) is 1. The maximum atomic E-state index is 5.16. The summed E-state index contributed by atoms with van der Waals surface area (Å²) in [5.74, 6) is 0.956. The van der Waals surface area contributed by atoms with Crippen molar-refractivity contribution in [2.45, 2.75) is 45.1 Å². The van der Waals surface area contributed by atoms with Crippen LogP contribution >= 0.6 is 0 Å². The van der Waals surface area contributed by atoms with E-state index in [2.05, 4.69) is 6.92 Å². The molecule has 1 rings (SSSR count). The van der Waals surface area contributed by atoms with Crippen LogP contribution in [0, 0.1) is 5.92 Å². The van der Waals surface area contributed by atoms with Crippen molar-refractivity contribution in [1.82, 2.24) is 5.06 Å². The molecule has 1 atom stereocenters. The van der Waals surface area contributed by atoms with Crippen molar-refractivity contribution in [3.63, 3.8) is 0 Å². The molecule has 0 amide bonds. The fourth-order valence-corrected chi connectivity index (χ4v) is 2.06. The predicted octanol–water partition coefficient (Wildman–Crippen LogP) is 2.45. The summed E-state index contributed by atoms with van der Waals surface area (Å²) >= 11 is 0. The molecule has 0 saturated heterocycles. The molecular weight excluding hydrogens is 150 g/mol. The zero-order chi connectivity index (χ0) is 8.97. The average Bonchev–Trinajstić information content (AvgIpc) is 2.55. The summed E-state index contributed by atoms with van der Waals surface area (Å²) in [6.07, 6.45) is 7.04. The Morgan fingerprint density at radius 1 is 1.42 bits per heavy atom. The molecule has 0 spiro atoms. The molecule has 0 bridgehead atoms. The Morgan fingerprint density at radius 3 is 2.50 bits per heavy atom. The highest BCUT2D eigenvalue weighted by Crippen LogP contribution is 2.29. The van der Waals surface area contributed by atoms with Crippen LogP contribution in [-0.4, -0.2) is 25.3 Å². The van der Waals surface area contributed by atoms with Gasteiger partial charge in [0.05, 0.1) is 7.11 Å². The standard InChI is InChI=1S/C10H21NO/c1-9(11(2)12-3)8-10-6-4-5-7-10/h9-10H,4-8H2,1-3H3. The summed E-state index contributed by atoms with van der Waals surface area (Å²) in [4.78, 5) is 5.16. The molecule has 1 fully saturated rings. The first-order valence-electron chi connectivity index (χ1n) is 5.01. The van der Waals surface area contributed by atoms with E-state index in [1.807, 2.05) is 12.1 Å². The molecule has 0 aromatic rings. The molecule has 12 heavy (non-hydrogen) atoms. The van der Waals surface area contributed by atoms with E-state index in [-0.39, 0.29) is 0 Å². The van der Waals surface area contributed by atoms with Crippen molar-refractivity contribution in [3.05, 3.63) is 0 Å². The molecule has 1 unspecified atom stereocenters. The molecule has 2 nitrogen and oxygen atoms in total. The lowest BCUT2D eigenvalue weighted by molar-refractivity contribution is -0.140. The summed E-state index contributed by atoms with van der Waals surface area (Å²) in [7, 11) is 3.75. The molecule has 0 radical (unpaired) electrons. The molecule has 0 aromatic heterocycles. The summed E-state index contributed by atoms with van der Waals surface area (Å²) in [6.45, 7) is 2.24. The van der Waals surface area contributed by atoms with Crippen molar-refractivity contribution in [2.75, 3.05) is 14.2 Å². The zero-order valence-electron chi connectivity index (χ0n) is 8.55. The van der Waals surface area contributed by atoms with E-state index in [0.29, 0.717) is 6.04 Å². The highest BCUT2D eigenvalue weighted by molar-refractivity contribution is 4.71. The van der Waals surface area contributed by atoms with Crippen molar-refractivity contribution in [1.29, 1.82) is 0 Å². The largest absolute Gasteiger partial charge is 0.302 e. The number of hydrogen-bond acceptors (Lipinski definition) is 2. The Hall–Kier alpha value is -0.0800. The second kappa shape index (κ2) is 4.83. The van der Waals surface area contributed by atoms with Crippen LogP contribution in [0.3, 0.4) is 0 Å². The molecular formula is C10H21NO. The van der Waals surface area contributed by atoms with Crippen molar-refractivity contribution in [2.24, 2.45) is 5.92 Å². The third-order valence-electron chi connectivity index (χ3n) is 3.06. The van der Waals surface area contributed by atoms with Crippen LogP contribution in [0.4, 0.5) is 0 Å².